The monoisotopic (exact) mass is 227 g/mol. The molecule has 0 spiro atoms. The summed E-state index contributed by atoms with van der Waals surface area (Å²) in [5.41, 5.74) is 0.870. The number of nitrogens with one attached hydrogen (secondary N) is 1. The number of ether oxygens (including phenoxy) is 1. The summed E-state index contributed by atoms with van der Waals surface area (Å²) < 4.78 is 4.68. The van der Waals surface area contributed by atoms with Crippen molar-refractivity contribution in [1.82, 2.24) is 0 Å². The van der Waals surface area contributed by atoms with Crippen molar-refractivity contribution in [3.63, 3.8) is 0 Å². The Kier molecular flexibility index (Phi) is 4.12. The van der Waals surface area contributed by atoms with Crippen LogP contribution in [0.3, 0.4) is 0 Å². The maximum absolute atomic E-state index is 11.1. The molecule has 1 aromatic carbocycles. The molecule has 0 atom stereocenters. The molecule has 0 aliphatic rings. The van der Waals surface area contributed by atoms with E-state index in [2.05, 4.69) is 10.1 Å². The molecule has 1 rings (SSSR count). The number of halogens is 1. The molecular formula is C10H10ClNO3. The van der Waals surface area contributed by atoms with Crippen molar-refractivity contribution in [3.8, 4) is 0 Å². The maximum Gasteiger partial charge on any atom is 0.411 e. The molecule has 4 nitrogen and oxygen atoms in total. The van der Waals surface area contributed by atoms with Crippen LogP contribution in [0, 0.1) is 0 Å². The highest BCUT2D eigenvalue weighted by atomic mass is 35.5. The van der Waals surface area contributed by atoms with Crippen molar-refractivity contribution in [2.45, 2.75) is 6.92 Å². The summed E-state index contributed by atoms with van der Waals surface area (Å²) in [4.78, 5) is 21.5. The predicted octanol–water partition coefficient (Wildman–Crippen LogP) is 2.72. The van der Waals surface area contributed by atoms with Gasteiger partial charge in [-0.25, -0.2) is 4.79 Å². The van der Waals surface area contributed by atoms with Crippen molar-refractivity contribution >= 4 is 29.7 Å². The molecule has 0 unspecified atom stereocenters. The number of hydrogen-bond acceptors (Lipinski definition) is 3. The number of rotatable bonds is 3. The Labute approximate surface area is 92.2 Å². The van der Waals surface area contributed by atoms with Crippen LogP contribution < -0.4 is 5.32 Å². The van der Waals surface area contributed by atoms with E-state index in [9.17, 15) is 9.59 Å². The molecule has 0 saturated heterocycles. The quantitative estimate of drug-likeness (QED) is 0.808. The molecule has 1 amide bonds. The number of amides is 1. The highest BCUT2D eigenvalue weighted by Gasteiger charge is 2.06. The van der Waals surface area contributed by atoms with E-state index in [-0.39, 0.29) is 6.61 Å². The van der Waals surface area contributed by atoms with Gasteiger partial charge in [-0.2, -0.15) is 0 Å². The summed E-state index contributed by atoms with van der Waals surface area (Å²) in [6.45, 7) is 1.99. The summed E-state index contributed by atoms with van der Waals surface area (Å²) in [6, 6.07) is 4.57. The van der Waals surface area contributed by atoms with E-state index in [1.807, 2.05) is 0 Å². The largest absolute Gasteiger partial charge is 0.450 e. The van der Waals surface area contributed by atoms with Gasteiger partial charge in [0.05, 0.1) is 17.3 Å². The SMILES string of the molecule is CCOC(=O)Nc1ccc(C=O)cc1Cl. The van der Waals surface area contributed by atoms with Crippen LogP contribution in [-0.4, -0.2) is 19.0 Å². The smallest absolute Gasteiger partial charge is 0.411 e. The first-order valence-electron chi connectivity index (χ1n) is 4.36. The number of carbonyl (C=O) groups excluding carboxylic acids is 2. The van der Waals surface area contributed by atoms with Gasteiger partial charge in [0.1, 0.15) is 6.29 Å². The van der Waals surface area contributed by atoms with Crippen molar-refractivity contribution in [1.29, 1.82) is 0 Å². The second-order valence-electron chi connectivity index (χ2n) is 2.70. The molecule has 0 aromatic heterocycles. The van der Waals surface area contributed by atoms with Crippen molar-refractivity contribution < 1.29 is 14.3 Å². The zero-order chi connectivity index (χ0) is 11.3. The van der Waals surface area contributed by atoms with Crippen LogP contribution >= 0.6 is 11.6 Å². The fourth-order valence-corrected chi connectivity index (χ4v) is 1.22. The Morgan fingerprint density at radius 3 is 2.87 bits per heavy atom. The van der Waals surface area contributed by atoms with Gasteiger partial charge in [0.25, 0.3) is 0 Å². The lowest BCUT2D eigenvalue weighted by molar-refractivity contribution is 0.112. The van der Waals surface area contributed by atoms with Crippen LogP contribution in [0.4, 0.5) is 10.5 Å². The highest BCUT2D eigenvalue weighted by molar-refractivity contribution is 6.33. The predicted molar refractivity (Wildman–Crippen MR) is 57.5 cm³/mol. The van der Waals surface area contributed by atoms with E-state index in [4.69, 9.17) is 11.6 Å². The number of aldehydes is 1. The van der Waals surface area contributed by atoms with Crippen LogP contribution in [0.25, 0.3) is 0 Å². The molecular weight excluding hydrogens is 218 g/mol. The number of hydrogen-bond donors (Lipinski definition) is 1. The lowest BCUT2D eigenvalue weighted by Gasteiger charge is -2.06. The molecule has 15 heavy (non-hydrogen) atoms. The van der Waals surface area contributed by atoms with Crippen LogP contribution in [-0.2, 0) is 4.74 Å². The molecule has 0 radical (unpaired) electrons. The minimum Gasteiger partial charge on any atom is -0.450 e. The maximum atomic E-state index is 11.1. The second kappa shape index (κ2) is 5.36. The Bertz CT molecular complexity index is 379. The van der Waals surface area contributed by atoms with Gasteiger partial charge in [-0.15, -0.1) is 0 Å². The van der Waals surface area contributed by atoms with E-state index in [1.165, 1.54) is 6.07 Å². The Morgan fingerprint density at radius 1 is 1.60 bits per heavy atom. The van der Waals surface area contributed by atoms with Crippen LogP contribution in [0.5, 0.6) is 0 Å². The number of anilines is 1. The molecule has 0 bridgehead atoms. The zero-order valence-corrected chi connectivity index (χ0v) is 8.88. The Morgan fingerprint density at radius 2 is 2.33 bits per heavy atom. The normalized spacial score (nSPS) is 9.47. The van der Waals surface area contributed by atoms with Crippen LogP contribution in [0.15, 0.2) is 18.2 Å². The first-order valence-corrected chi connectivity index (χ1v) is 4.73. The van der Waals surface area contributed by atoms with Crippen molar-refractivity contribution in [3.05, 3.63) is 28.8 Å². The summed E-state index contributed by atoms with van der Waals surface area (Å²) in [7, 11) is 0. The molecule has 0 aliphatic heterocycles. The zero-order valence-electron chi connectivity index (χ0n) is 8.12. The average Bonchev–Trinajstić information content (AvgIpc) is 2.21. The molecule has 0 saturated carbocycles. The van der Waals surface area contributed by atoms with E-state index >= 15 is 0 Å². The minimum absolute atomic E-state index is 0.288. The van der Waals surface area contributed by atoms with Gasteiger partial charge >= 0.3 is 6.09 Å². The number of carbonyl (C=O) groups is 2. The van der Waals surface area contributed by atoms with Gasteiger partial charge in [-0.3, -0.25) is 10.1 Å². The van der Waals surface area contributed by atoms with E-state index < -0.39 is 6.09 Å². The third kappa shape index (κ3) is 3.25. The Hall–Kier alpha value is -1.55. The topological polar surface area (TPSA) is 55.4 Å². The summed E-state index contributed by atoms with van der Waals surface area (Å²) >= 11 is 5.82. The molecule has 80 valence electrons. The molecule has 0 heterocycles. The van der Waals surface area contributed by atoms with Gasteiger partial charge < -0.3 is 4.74 Å². The van der Waals surface area contributed by atoms with E-state index in [1.54, 1.807) is 19.1 Å². The average molecular weight is 228 g/mol. The van der Waals surface area contributed by atoms with Gasteiger partial charge in [-0.1, -0.05) is 11.6 Å². The molecule has 1 N–H and O–H groups in total. The van der Waals surface area contributed by atoms with Crippen LogP contribution in [0.2, 0.25) is 5.02 Å². The standard InChI is InChI=1S/C10H10ClNO3/c1-2-15-10(14)12-9-4-3-7(6-13)5-8(9)11/h3-6H,2H2,1H3,(H,12,14). The first-order chi connectivity index (χ1) is 7.17. The van der Waals surface area contributed by atoms with Crippen molar-refractivity contribution in [2.75, 3.05) is 11.9 Å². The molecule has 0 aliphatic carbocycles. The third-order valence-corrected chi connectivity index (χ3v) is 1.95. The second-order valence-corrected chi connectivity index (χ2v) is 3.11. The molecule has 0 fully saturated rings. The summed E-state index contributed by atoms with van der Waals surface area (Å²) in [5.74, 6) is 0. The van der Waals surface area contributed by atoms with Gasteiger partial charge in [0.15, 0.2) is 0 Å². The number of benzene rings is 1. The highest BCUT2D eigenvalue weighted by Crippen LogP contribution is 2.22. The van der Waals surface area contributed by atoms with Crippen molar-refractivity contribution in [2.24, 2.45) is 0 Å². The van der Waals surface area contributed by atoms with Gasteiger partial charge in [0.2, 0.25) is 0 Å². The molecule has 5 heteroatoms. The van der Waals surface area contributed by atoms with Gasteiger partial charge in [0, 0.05) is 5.56 Å². The minimum atomic E-state index is -0.571. The fraction of sp³-hybridized carbons (Fsp3) is 0.200. The van der Waals surface area contributed by atoms with E-state index in [0.717, 1.165) is 0 Å². The lowest BCUT2D eigenvalue weighted by atomic mass is 10.2. The summed E-state index contributed by atoms with van der Waals surface area (Å²) in [6.07, 6.45) is 0.110. The van der Waals surface area contributed by atoms with Gasteiger partial charge in [-0.05, 0) is 25.1 Å². The lowest BCUT2D eigenvalue weighted by Crippen LogP contribution is -2.13. The van der Waals surface area contributed by atoms with E-state index in [0.29, 0.717) is 22.6 Å². The van der Waals surface area contributed by atoms with Crippen LogP contribution in [0.1, 0.15) is 17.3 Å². The third-order valence-electron chi connectivity index (χ3n) is 1.64. The summed E-state index contributed by atoms with van der Waals surface area (Å²) in [5, 5.41) is 2.75. The Balaban J connectivity index is 2.78. The fourth-order valence-electron chi connectivity index (χ4n) is 0.983. The first kappa shape index (κ1) is 11.5. The molecule has 1 aromatic rings.